The predicted molar refractivity (Wildman–Crippen MR) is 163 cm³/mol. The van der Waals surface area contributed by atoms with Gasteiger partial charge in [0, 0.05) is 55.1 Å². The molecule has 0 spiro atoms. The average Bonchev–Trinajstić information content (AvgIpc) is 3.85. The molecule has 2 saturated heterocycles. The Bertz CT molecular complexity index is 1680. The molecule has 3 heterocycles. The Kier molecular flexibility index (Phi) is 9.01. The van der Waals surface area contributed by atoms with Crippen LogP contribution in [0.3, 0.4) is 0 Å². The molecule has 4 aromatic rings. The van der Waals surface area contributed by atoms with Gasteiger partial charge in [-0.05, 0) is 37.3 Å². The minimum absolute atomic E-state index is 0.0872. The van der Waals surface area contributed by atoms with Gasteiger partial charge >= 0.3 is 12.2 Å². The number of carbonyl (C=O) groups excluding carboxylic acids is 1. The van der Waals surface area contributed by atoms with Gasteiger partial charge in [-0.25, -0.2) is 9.78 Å². The van der Waals surface area contributed by atoms with Gasteiger partial charge in [-0.1, -0.05) is 24.3 Å². The second kappa shape index (κ2) is 13.3. The van der Waals surface area contributed by atoms with E-state index in [9.17, 15) is 18.0 Å². The quantitative estimate of drug-likeness (QED) is 0.195. The Morgan fingerprint density at radius 2 is 1.73 bits per heavy atom. The first-order chi connectivity index (χ1) is 21.7. The monoisotopic (exact) mass is 622 g/mol. The number of benzene rings is 3. The largest absolute Gasteiger partial charge is 0.490 e. The third kappa shape index (κ3) is 7.98. The lowest BCUT2D eigenvalue weighted by Gasteiger charge is -2.26. The van der Waals surface area contributed by atoms with E-state index in [0.29, 0.717) is 40.3 Å². The molecule has 1 atom stereocenters. The van der Waals surface area contributed by atoms with Gasteiger partial charge in [0.25, 0.3) is 0 Å². The molecule has 10 nitrogen and oxygen atoms in total. The Hall–Kier alpha value is -4.46. The van der Waals surface area contributed by atoms with Crippen LogP contribution in [0.5, 0.6) is 17.4 Å². The Labute approximate surface area is 257 Å². The third-order valence-electron chi connectivity index (χ3n) is 7.47. The smallest absolute Gasteiger partial charge is 0.416 e. The summed E-state index contributed by atoms with van der Waals surface area (Å²) in [6.45, 7) is 6.96. The van der Waals surface area contributed by atoms with Crippen LogP contribution in [0.2, 0.25) is 0 Å². The third-order valence-corrected chi connectivity index (χ3v) is 7.47. The summed E-state index contributed by atoms with van der Waals surface area (Å²) >= 11 is 0. The lowest BCUT2D eigenvalue weighted by molar-refractivity contribution is -0.137. The highest BCUT2D eigenvalue weighted by Gasteiger charge is 2.32. The standard InChI is InChI=1S/C32H33F3N6O4/c1-20-16-30(40-29(37-20)10-11-41-12-14-43-15-13-41)45-27-9-7-25(23-4-2-3-5-24(23)27)38-31(42)39-26-17-21(32(33,34)35)6-8-28(26)44-19-22-18-36-22/h2-9,16-17,22,36H,10-15,18-19H2,1H3,(H2,38,39,42). The van der Waals surface area contributed by atoms with E-state index < -0.39 is 17.8 Å². The van der Waals surface area contributed by atoms with E-state index in [4.69, 9.17) is 14.2 Å². The fourth-order valence-corrected chi connectivity index (χ4v) is 5.03. The molecule has 13 heteroatoms. The molecule has 0 bridgehead atoms. The van der Waals surface area contributed by atoms with Crippen LogP contribution in [0.1, 0.15) is 17.1 Å². The fourth-order valence-electron chi connectivity index (χ4n) is 5.03. The molecule has 3 N–H and O–H groups in total. The van der Waals surface area contributed by atoms with Crippen LogP contribution in [0.15, 0.2) is 60.7 Å². The van der Waals surface area contributed by atoms with Crippen LogP contribution in [0, 0.1) is 6.92 Å². The van der Waals surface area contributed by atoms with Crippen molar-refractivity contribution < 1.29 is 32.2 Å². The Morgan fingerprint density at radius 1 is 1.00 bits per heavy atom. The molecule has 2 fully saturated rings. The number of aryl methyl sites for hydroxylation is 1. The van der Waals surface area contributed by atoms with Crippen molar-refractivity contribution in [1.82, 2.24) is 20.2 Å². The molecular formula is C32H33F3N6O4. The van der Waals surface area contributed by atoms with Crippen LogP contribution in [-0.4, -0.2) is 72.9 Å². The van der Waals surface area contributed by atoms with E-state index in [0.717, 1.165) is 57.2 Å². The number of nitrogens with one attached hydrogen (secondary N) is 3. The summed E-state index contributed by atoms with van der Waals surface area (Å²) < 4.78 is 57.6. The molecule has 0 saturated carbocycles. The summed E-state index contributed by atoms with van der Waals surface area (Å²) in [6, 6.07) is 14.9. The highest BCUT2D eigenvalue weighted by atomic mass is 19.4. The lowest BCUT2D eigenvalue weighted by Crippen LogP contribution is -2.37. The molecule has 2 aliphatic heterocycles. The first-order valence-corrected chi connectivity index (χ1v) is 14.7. The van der Waals surface area contributed by atoms with Gasteiger partial charge in [0.05, 0.1) is 36.2 Å². The van der Waals surface area contributed by atoms with Gasteiger partial charge in [0.1, 0.15) is 23.9 Å². The molecule has 6 rings (SSSR count). The van der Waals surface area contributed by atoms with E-state index in [-0.39, 0.29) is 24.1 Å². The maximum atomic E-state index is 13.4. The maximum Gasteiger partial charge on any atom is 0.416 e. The number of carbonyl (C=O) groups is 1. The SMILES string of the molecule is Cc1cc(Oc2ccc(NC(=O)Nc3cc(C(F)(F)F)ccc3OCC3CN3)c3ccccc23)nc(CCN2CCOCC2)n1. The van der Waals surface area contributed by atoms with E-state index in [1.807, 2.05) is 31.2 Å². The van der Waals surface area contributed by atoms with E-state index in [1.54, 1.807) is 18.2 Å². The normalized spacial score (nSPS) is 16.8. The van der Waals surface area contributed by atoms with Crippen molar-refractivity contribution in [2.75, 3.05) is 56.6 Å². The number of rotatable bonds is 10. The molecule has 2 amide bonds. The van der Waals surface area contributed by atoms with Gasteiger partial charge in [0.15, 0.2) is 0 Å². The van der Waals surface area contributed by atoms with Gasteiger partial charge in [-0.3, -0.25) is 4.90 Å². The highest BCUT2D eigenvalue weighted by Crippen LogP contribution is 2.37. The zero-order valence-electron chi connectivity index (χ0n) is 24.6. The van der Waals surface area contributed by atoms with Crippen molar-refractivity contribution in [2.45, 2.75) is 25.6 Å². The zero-order valence-corrected chi connectivity index (χ0v) is 24.6. The van der Waals surface area contributed by atoms with E-state index >= 15 is 0 Å². The minimum atomic E-state index is -4.58. The molecule has 0 radical (unpaired) electrons. The first-order valence-electron chi connectivity index (χ1n) is 14.7. The molecule has 1 unspecified atom stereocenters. The summed E-state index contributed by atoms with van der Waals surface area (Å²) in [5, 5.41) is 9.73. The van der Waals surface area contributed by atoms with Crippen molar-refractivity contribution in [3.63, 3.8) is 0 Å². The minimum Gasteiger partial charge on any atom is -0.490 e. The lowest BCUT2D eigenvalue weighted by atomic mass is 10.1. The summed E-state index contributed by atoms with van der Waals surface area (Å²) in [7, 11) is 0. The second-order valence-corrected chi connectivity index (χ2v) is 10.9. The fraction of sp³-hybridized carbons (Fsp3) is 0.344. The van der Waals surface area contributed by atoms with Crippen LogP contribution < -0.4 is 25.4 Å². The summed E-state index contributed by atoms with van der Waals surface area (Å²) in [4.78, 5) is 24.6. The van der Waals surface area contributed by atoms with Crippen LogP contribution >= 0.6 is 0 Å². The van der Waals surface area contributed by atoms with Crippen molar-refractivity contribution in [2.24, 2.45) is 0 Å². The van der Waals surface area contributed by atoms with Crippen LogP contribution in [0.4, 0.5) is 29.3 Å². The van der Waals surface area contributed by atoms with Crippen molar-refractivity contribution in [1.29, 1.82) is 0 Å². The van der Waals surface area contributed by atoms with E-state index in [2.05, 4.69) is 30.8 Å². The number of nitrogens with zero attached hydrogens (tertiary/aromatic N) is 3. The van der Waals surface area contributed by atoms with Gasteiger partial charge in [-0.2, -0.15) is 18.2 Å². The second-order valence-electron chi connectivity index (χ2n) is 10.9. The zero-order chi connectivity index (χ0) is 31.4. The number of urea groups is 1. The van der Waals surface area contributed by atoms with E-state index in [1.165, 1.54) is 6.07 Å². The Balaban J connectivity index is 1.18. The average molecular weight is 623 g/mol. The molecule has 236 valence electrons. The number of hydrogen-bond acceptors (Lipinski definition) is 8. The number of fused-ring (bicyclic) bond motifs is 1. The van der Waals surface area contributed by atoms with Gasteiger partial charge < -0.3 is 30.2 Å². The topological polar surface area (TPSA) is 120 Å². The highest BCUT2D eigenvalue weighted by molar-refractivity contribution is 6.08. The van der Waals surface area contributed by atoms with Crippen LogP contribution in [-0.2, 0) is 17.3 Å². The maximum absolute atomic E-state index is 13.4. The van der Waals surface area contributed by atoms with Gasteiger partial charge in [-0.15, -0.1) is 0 Å². The summed E-state index contributed by atoms with van der Waals surface area (Å²) in [5.41, 5.74) is 0.237. The number of halogens is 3. The predicted octanol–water partition coefficient (Wildman–Crippen LogP) is 5.62. The number of morpholine rings is 1. The van der Waals surface area contributed by atoms with Crippen LogP contribution in [0.25, 0.3) is 10.8 Å². The first kappa shape index (κ1) is 30.6. The van der Waals surface area contributed by atoms with Crippen molar-refractivity contribution in [3.8, 4) is 17.4 Å². The number of alkyl halides is 3. The number of anilines is 2. The summed E-state index contributed by atoms with van der Waals surface area (Å²) in [6.07, 6.45) is -3.91. The molecule has 0 aliphatic carbocycles. The van der Waals surface area contributed by atoms with Gasteiger partial charge in [0.2, 0.25) is 5.88 Å². The number of aromatic nitrogens is 2. The number of amides is 2. The number of ether oxygens (including phenoxy) is 3. The molecule has 3 aromatic carbocycles. The molecule has 1 aromatic heterocycles. The number of hydrogen-bond donors (Lipinski definition) is 3. The molecule has 2 aliphatic rings. The Morgan fingerprint density at radius 3 is 2.49 bits per heavy atom. The summed E-state index contributed by atoms with van der Waals surface area (Å²) in [5.74, 6) is 1.75. The van der Waals surface area contributed by atoms with Crippen molar-refractivity contribution in [3.05, 3.63) is 77.7 Å². The molecule has 45 heavy (non-hydrogen) atoms. The molecular weight excluding hydrogens is 589 g/mol. The van der Waals surface area contributed by atoms with Crippen molar-refractivity contribution >= 4 is 28.2 Å².